The number of fused-ring (bicyclic) bond motifs is 5. The zero-order valence-electron chi connectivity index (χ0n) is 23.0. The number of hydrogen-bond donors (Lipinski definition) is 0. The van der Waals surface area contributed by atoms with Crippen molar-refractivity contribution in [2.75, 3.05) is 0 Å². The maximum Gasteiger partial charge on any atom is 0.227 e. The molecule has 192 valence electrons. The largest absolute Gasteiger partial charge is 0.437 e. The van der Waals surface area contributed by atoms with Gasteiger partial charge in [-0.15, -0.1) is 0 Å². The molecule has 0 aliphatic heterocycles. The van der Waals surface area contributed by atoms with Crippen LogP contribution in [0.15, 0.2) is 89.3 Å². The van der Waals surface area contributed by atoms with Gasteiger partial charge in [-0.1, -0.05) is 82.3 Å². The third-order valence-corrected chi connectivity index (χ3v) is 7.83. The Morgan fingerprint density at radius 2 is 1.38 bits per heavy atom. The second-order valence-electron chi connectivity index (χ2n) is 11.1. The van der Waals surface area contributed by atoms with E-state index in [2.05, 4.69) is 116 Å². The van der Waals surface area contributed by atoms with E-state index in [0.29, 0.717) is 17.5 Å². The number of furan rings is 1. The molecule has 0 radical (unpaired) electrons. The first-order valence-electron chi connectivity index (χ1n) is 13.7. The topological polar surface area (TPSA) is 43.9 Å². The molecule has 0 atom stereocenters. The number of hydrogen-bond acceptors (Lipinski definition) is 3. The summed E-state index contributed by atoms with van der Waals surface area (Å²) in [5.41, 5.74) is 9.30. The normalized spacial score (nSPS) is 12.2. The van der Waals surface area contributed by atoms with Crippen LogP contribution in [0.2, 0.25) is 0 Å². The van der Waals surface area contributed by atoms with Gasteiger partial charge >= 0.3 is 0 Å². The van der Waals surface area contributed by atoms with Crippen LogP contribution in [0.4, 0.5) is 0 Å². The van der Waals surface area contributed by atoms with E-state index in [0.717, 1.165) is 44.5 Å². The molecule has 0 amide bonds. The molecule has 3 aromatic heterocycles. The molecule has 0 N–H and O–H groups in total. The van der Waals surface area contributed by atoms with Crippen LogP contribution in [-0.2, 0) is 0 Å². The summed E-state index contributed by atoms with van der Waals surface area (Å²) in [5.74, 6) is 1.58. The van der Waals surface area contributed by atoms with E-state index >= 15 is 0 Å². The van der Waals surface area contributed by atoms with Crippen LogP contribution in [-0.4, -0.2) is 14.5 Å². The van der Waals surface area contributed by atoms with E-state index in [-0.39, 0.29) is 0 Å². The lowest BCUT2D eigenvalue weighted by Crippen LogP contribution is -2.08. The predicted molar refractivity (Wildman–Crippen MR) is 162 cm³/mol. The van der Waals surface area contributed by atoms with Gasteiger partial charge in [-0.3, -0.25) is 4.57 Å². The highest BCUT2D eigenvalue weighted by atomic mass is 16.3. The quantitative estimate of drug-likeness (QED) is 0.237. The van der Waals surface area contributed by atoms with Crippen LogP contribution in [0.25, 0.3) is 61.0 Å². The van der Waals surface area contributed by atoms with Crippen molar-refractivity contribution in [1.82, 2.24) is 14.5 Å². The molecule has 39 heavy (non-hydrogen) atoms. The van der Waals surface area contributed by atoms with Crippen molar-refractivity contribution in [1.29, 1.82) is 0 Å². The van der Waals surface area contributed by atoms with Crippen molar-refractivity contribution < 1.29 is 4.42 Å². The zero-order valence-corrected chi connectivity index (χ0v) is 23.0. The number of benzene rings is 4. The third kappa shape index (κ3) is 3.66. The second-order valence-corrected chi connectivity index (χ2v) is 11.1. The van der Waals surface area contributed by atoms with Gasteiger partial charge in [0.05, 0.1) is 22.3 Å². The lowest BCUT2D eigenvalue weighted by Gasteiger charge is -2.22. The SMILES string of the molecule is Cc1ccc2c(n1)oc1c(-c3nc4cc5ccccc5cc4n3-c3c(C(C)C)cccc3C(C)C)cccc12. The van der Waals surface area contributed by atoms with Crippen LogP contribution in [0, 0.1) is 6.92 Å². The first-order valence-corrected chi connectivity index (χ1v) is 13.7. The molecule has 3 heterocycles. The molecule has 0 aliphatic rings. The smallest absolute Gasteiger partial charge is 0.227 e. The van der Waals surface area contributed by atoms with Gasteiger partial charge in [0.15, 0.2) is 0 Å². The van der Waals surface area contributed by atoms with E-state index in [1.54, 1.807) is 0 Å². The average molecular weight is 510 g/mol. The first-order chi connectivity index (χ1) is 18.9. The molecule has 4 nitrogen and oxygen atoms in total. The monoisotopic (exact) mass is 509 g/mol. The predicted octanol–water partition coefficient (Wildman–Crippen LogP) is 9.70. The minimum atomic E-state index is 0.346. The van der Waals surface area contributed by atoms with Crippen molar-refractivity contribution in [2.24, 2.45) is 0 Å². The highest BCUT2D eigenvalue weighted by molar-refractivity contribution is 6.09. The maximum absolute atomic E-state index is 6.47. The first kappa shape index (κ1) is 23.7. The van der Waals surface area contributed by atoms with Crippen molar-refractivity contribution in [3.63, 3.8) is 0 Å². The van der Waals surface area contributed by atoms with Crippen LogP contribution in [0.3, 0.4) is 0 Å². The summed E-state index contributed by atoms with van der Waals surface area (Å²) in [5, 5.41) is 4.47. The highest BCUT2D eigenvalue weighted by Gasteiger charge is 2.24. The van der Waals surface area contributed by atoms with Gasteiger partial charge in [-0.25, -0.2) is 9.97 Å². The minimum Gasteiger partial charge on any atom is -0.437 e. The minimum absolute atomic E-state index is 0.346. The number of para-hydroxylation sites is 2. The Balaban J connectivity index is 1.66. The highest BCUT2D eigenvalue weighted by Crippen LogP contribution is 2.41. The Bertz CT molecular complexity index is 2010. The second kappa shape index (κ2) is 8.81. The van der Waals surface area contributed by atoms with Gasteiger partial charge in [0, 0.05) is 16.5 Å². The van der Waals surface area contributed by atoms with Gasteiger partial charge in [0.25, 0.3) is 0 Å². The molecule has 7 rings (SSSR count). The van der Waals surface area contributed by atoms with E-state index in [1.807, 2.05) is 13.0 Å². The van der Waals surface area contributed by atoms with Crippen LogP contribution in [0.1, 0.15) is 56.4 Å². The molecule has 7 aromatic rings. The summed E-state index contributed by atoms with van der Waals surface area (Å²) >= 11 is 0. The van der Waals surface area contributed by atoms with Gasteiger partial charge in [0.1, 0.15) is 11.4 Å². The number of rotatable bonds is 4. The molecule has 0 unspecified atom stereocenters. The summed E-state index contributed by atoms with van der Waals surface area (Å²) in [6.45, 7) is 11.1. The zero-order chi connectivity index (χ0) is 26.8. The molecule has 0 bridgehead atoms. The lowest BCUT2D eigenvalue weighted by atomic mass is 9.92. The van der Waals surface area contributed by atoms with Crippen LogP contribution >= 0.6 is 0 Å². The lowest BCUT2D eigenvalue weighted by molar-refractivity contribution is 0.653. The summed E-state index contributed by atoms with van der Waals surface area (Å²) in [7, 11) is 0. The number of aromatic nitrogens is 3. The molecule has 0 fully saturated rings. The maximum atomic E-state index is 6.47. The van der Waals surface area contributed by atoms with Crippen molar-refractivity contribution in [3.05, 3.63) is 102 Å². The molecule has 4 heteroatoms. The summed E-state index contributed by atoms with van der Waals surface area (Å²) in [6, 6.07) is 30.2. The van der Waals surface area contributed by atoms with Gasteiger partial charge in [0.2, 0.25) is 5.71 Å². The number of nitrogens with zero attached hydrogens (tertiary/aromatic N) is 3. The Morgan fingerprint density at radius 1 is 0.692 bits per heavy atom. The fourth-order valence-electron chi connectivity index (χ4n) is 5.89. The number of pyridine rings is 1. The van der Waals surface area contributed by atoms with Gasteiger partial charge < -0.3 is 4.42 Å². The molecular weight excluding hydrogens is 478 g/mol. The molecule has 0 saturated heterocycles. The van der Waals surface area contributed by atoms with Crippen molar-refractivity contribution in [3.8, 4) is 17.1 Å². The fourth-order valence-corrected chi connectivity index (χ4v) is 5.89. The summed E-state index contributed by atoms with van der Waals surface area (Å²) in [4.78, 5) is 10.0. The number of imidazole rings is 1. The Labute approximate surface area is 227 Å². The van der Waals surface area contributed by atoms with Gasteiger partial charge in [-0.05, 0) is 71.0 Å². The van der Waals surface area contributed by atoms with Crippen molar-refractivity contribution >= 4 is 43.9 Å². The molecule has 0 spiro atoms. The molecule has 4 aromatic carbocycles. The molecule has 0 aliphatic carbocycles. The summed E-state index contributed by atoms with van der Waals surface area (Å²) in [6.07, 6.45) is 0. The van der Waals surface area contributed by atoms with Gasteiger partial charge in [-0.2, -0.15) is 0 Å². The molecular formula is C35H31N3O. The third-order valence-electron chi connectivity index (χ3n) is 7.83. The van der Waals surface area contributed by atoms with Crippen LogP contribution < -0.4 is 0 Å². The van der Waals surface area contributed by atoms with Crippen molar-refractivity contribution in [2.45, 2.75) is 46.5 Å². The van der Waals surface area contributed by atoms with E-state index in [9.17, 15) is 0 Å². The van der Waals surface area contributed by atoms with E-state index in [1.165, 1.54) is 27.6 Å². The molecule has 0 saturated carbocycles. The standard InChI is InChI=1S/C35H31N3O/c1-20(2)25-12-8-13-26(21(3)4)32(25)38-31-19-24-11-7-6-10-23(24)18-30(31)37-34(38)29-15-9-14-27-28-17-16-22(5)36-35(28)39-33(27)29/h6-21H,1-5H3. The Morgan fingerprint density at radius 3 is 2.10 bits per heavy atom. The Hall–Kier alpha value is -4.44. The van der Waals surface area contributed by atoms with E-state index in [4.69, 9.17) is 9.40 Å². The van der Waals surface area contributed by atoms with E-state index < -0.39 is 0 Å². The Kier molecular flexibility index (Phi) is 5.34. The fraction of sp³-hybridized carbons (Fsp3) is 0.200. The average Bonchev–Trinajstić information content (AvgIpc) is 3.48. The summed E-state index contributed by atoms with van der Waals surface area (Å²) < 4.78 is 8.86. The number of aryl methyl sites for hydroxylation is 1. The van der Waals surface area contributed by atoms with Crippen LogP contribution in [0.5, 0.6) is 0 Å².